The zero-order valence-corrected chi connectivity index (χ0v) is 13.9. The summed E-state index contributed by atoms with van der Waals surface area (Å²) >= 11 is 0. The Balaban J connectivity index is 1.57. The lowest BCUT2D eigenvalue weighted by Gasteiger charge is -2.34. The topological polar surface area (TPSA) is 50.7 Å². The molecule has 2 atom stereocenters. The predicted octanol–water partition coefficient (Wildman–Crippen LogP) is 3.52. The number of hydrogen-bond acceptors (Lipinski definition) is 3. The summed E-state index contributed by atoms with van der Waals surface area (Å²) in [5.74, 6) is 0.263. The van der Waals surface area contributed by atoms with Gasteiger partial charge in [-0.2, -0.15) is 5.10 Å². The maximum Gasteiger partial charge on any atom is 0.277 e. The van der Waals surface area contributed by atoms with Crippen molar-refractivity contribution >= 4 is 11.6 Å². The van der Waals surface area contributed by atoms with Crippen molar-refractivity contribution < 1.29 is 13.9 Å². The van der Waals surface area contributed by atoms with Crippen molar-refractivity contribution in [2.45, 2.75) is 40.0 Å². The smallest absolute Gasteiger partial charge is 0.277 e. The highest BCUT2D eigenvalue weighted by atomic mass is 19.1. The number of amides is 1. The molecule has 2 fully saturated rings. The quantitative estimate of drug-likeness (QED) is 0.864. The van der Waals surface area contributed by atoms with Crippen molar-refractivity contribution in [1.82, 2.24) is 5.43 Å². The third kappa shape index (κ3) is 2.73. The van der Waals surface area contributed by atoms with Crippen molar-refractivity contribution in [3.05, 3.63) is 30.1 Å². The fourth-order valence-corrected chi connectivity index (χ4v) is 3.97. The number of rotatable bonds is 4. The summed E-state index contributed by atoms with van der Waals surface area (Å²) in [6.45, 7) is 6.65. The maximum absolute atomic E-state index is 13.0. The Labute approximate surface area is 136 Å². The van der Waals surface area contributed by atoms with E-state index in [1.165, 1.54) is 18.6 Å². The molecule has 0 saturated heterocycles. The van der Waals surface area contributed by atoms with Crippen LogP contribution in [0.3, 0.4) is 0 Å². The van der Waals surface area contributed by atoms with Gasteiger partial charge in [-0.05, 0) is 42.7 Å². The molecule has 2 bridgehead atoms. The van der Waals surface area contributed by atoms with Gasteiger partial charge >= 0.3 is 0 Å². The molecule has 124 valence electrons. The van der Waals surface area contributed by atoms with E-state index in [9.17, 15) is 9.18 Å². The molecule has 2 aliphatic carbocycles. The maximum atomic E-state index is 13.0. The molecular weight excluding hydrogens is 295 g/mol. The van der Waals surface area contributed by atoms with Gasteiger partial charge in [-0.15, -0.1) is 0 Å². The molecule has 5 heteroatoms. The van der Waals surface area contributed by atoms with Crippen LogP contribution in [-0.4, -0.2) is 18.2 Å². The molecule has 0 heterocycles. The second-order valence-electron chi connectivity index (χ2n) is 7.33. The van der Waals surface area contributed by atoms with Crippen molar-refractivity contribution in [2.24, 2.45) is 21.8 Å². The Morgan fingerprint density at radius 3 is 2.83 bits per heavy atom. The van der Waals surface area contributed by atoms with Crippen LogP contribution >= 0.6 is 0 Å². The first kappa shape index (κ1) is 16.0. The molecule has 0 spiro atoms. The van der Waals surface area contributed by atoms with E-state index in [4.69, 9.17) is 4.74 Å². The van der Waals surface area contributed by atoms with Gasteiger partial charge in [-0.25, -0.2) is 9.82 Å². The molecule has 1 aromatic rings. The van der Waals surface area contributed by atoms with E-state index >= 15 is 0 Å². The minimum Gasteiger partial charge on any atom is -0.484 e. The molecule has 0 unspecified atom stereocenters. The van der Waals surface area contributed by atoms with Gasteiger partial charge in [0, 0.05) is 17.2 Å². The molecule has 1 aromatic carbocycles. The number of carbonyl (C=O) groups excluding carboxylic acids is 1. The highest BCUT2D eigenvalue weighted by Gasteiger charge is 2.59. The van der Waals surface area contributed by atoms with Gasteiger partial charge in [-0.1, -0.05) is 26.8 Å². The average molecular weight is 318 g/mol. The molecule has 2 aliphatic rings. The first-order chi connectivity index (χ1) is 10.8. The number of nitrogens with zero attached hydrogens (tertiary/aromatic N) is 1. The predicted molar refractivity (Wildman–Crippen MR) is 86.7 cm³/mol. The third-order valence-corrected chi connectivity index (χ3v) is 5.99. The van der Waals surface area contributed by atoms with Crippen LogP contribution in [0, 0.1) is 22.6 Å². The second kappa shape index (κ2) is 5.62. The van der Waals surface area contributed by atoms with Gasteiger partial charge in [0.25, 0.3) is 5.91 Å². The number of hydrogen-bond donors (Lipinski definition) is 1. The molecule has 2 saturated carbocycles. The highest BCUT2D eigenvalue weighted by Crippen LogP contribution is 2.63. The van der Waals surface area contributed by atoms with Crippen LogP contribution < -0.4 is 10.2 Å². The fourth-order valence-electron chi connectivity index (χ4n) is 3.97. The molecule has 0 aromatic heterocycles. The number of nitrogens with one attached hydrogen (secondary N) is 1. The van der Waals surface area contributed by atoms with Crippen molar-refractivity contribution in [1.29, 1.82) is 0 Å². The minimum atomic E-state index is -0.389. The van der Waals surface area contributed by atoms with Gasteiger partial charge in [0.1, 0.15) is 11.6 Å². The Morgan fingerprint density at radius 1 is 1.43 bits per heavy atom. The fraction of sp³-hybridized carbons (Fsp3) is 0.556. The molecule has 0 aliphatic heterocycles. The van der Waals surface area contributed by atoms with E-state index in [0.29, 0.717) is 11.7 Å². The van der Waals surface area contributed by atoms with Crippen LogP contribution in [0.4, 0.5) is 4.39 Å². The van der Waals surface area contributed by atoms with Crippen molar-refractivity contribution in [3.8, 4) is 5.75 Å². The van der Waals surface area contributed by atoms with Crippen LogP contribution in [0.15, 0.2) is 29.4 Å². The summed E-state index contributed by atoms with van der Waals surface area (Å²) in [7, 11) is 0. The Kier molecular flexibility index (Phi) is 3.90. The average Bonchev–Trinajstić information content (AvgIpc) is 2.84. The first-order valence-electron chi connectivity index (χ1n) is 8.07. The van der Waals surface area contributed by atoms with Crippen LogP contribution in [0.25, 0.3) is 0 Å². The summed E-state index contributed by atoms with van der Waals surface area (Å²) < 4.78 is 18.3. The van der Waals surface area contributed by atoms with E-state index in [1.54, 1.807) is 12.1 Å². The van der Waals surface area contributed by atoms with Gasteiger partial charge in [0.2, 0.25) is 0 Å². The largest absolute Gasteiger partial charge is 0.484 e. The zero-order chi connectivity index (χ0) is 16.7. The number of halogens is 1. The van der Waals surface area contributed by atoms with Crippen LogP contribution in [-0.2, 0) is 4.79 Å². The van der Waals surface area contributed by atoms with Crippen LogP contribution in [0.1, 0.15) is 40.0 Å². The second-order valence-corrected chi connectivity index (χ2v) is 7.33. The lowest BCUT2D eigenvalue weighted by atomic mass is 9.70. The number of hydrazone groups is 1. The zero-order valence-electron chi connectivity index (χ0n) is 13.9. The summed E-state index contributed by atoms with van der Waals surface area (Å²) in [5.41, 5.74) is 3.96. The van der Waals surface area contributed by atoms with E-state index in [2.05, 4.69) is 31.3 Å². The van der Waals surface area contributed by atoms with Gasteiger partial charge in [0.05, 0.1) is 0 Å². The number of ether oxygens (including phenoxy) is 1. The Morgan fingerprint density at radius 2 is 2.22 bits per heavy atom. The summed E-state index contributed by atoms with van der Waals surface area (Å²) in [6, 6.07) is 5.73. The van der Waals surface area contributed by atoms with Crippen LogP contribution in [0.2, 0.25) is 0 Å². The van der Waals surface area contributed by atoms with Crippen molar-refractivity contribution in [2.75, 3.05) is 6.61 Å². The number of fused-ring (bicyclic) bond motifs is 2. The summed E-state index contributed by atoms with van der Waals surface area (Å²) in [6.07, 6.45) is 3.31. The summed E-state index contributed by atoms with van der Waals surface area (Å²) in [4.78, 5) is 11.9. The molecule has 4 nitrogen and oxygen atoms in total. The van der Waals surface area contributed by atoms with Crippen molar-refractivity contribution in [3.63, 3.8) is 0 Å². The van der Waals surface area contributed by atoms with E-state index < -0.39 is 0 Å². The first-order valence-corrected chi connectivity index (χ1v) is 8.07. The SMILES string of the molecule is CC1(C)[C@@H]2CC[C@]1(C)/C(=N/NC(=O)COc1cccc(F)c1)C2. The number of benzene rings is 1. The number of carbonyl (C=O) groups is 1. The normalized spacial score (nSPS) is 29.7. The van der Waals surface area contributed by atoms with Gasteiger partial charge in [0.15, 0.2) is 6.61 Å². The lowest BCUT2D eigenvalue weighted by Crippen LogP contribution is -2.35. The molecule has 23 heavy (non-hydrogen) atoms. The Bertz CT molecular complexity index is 656. The molecule has 3 rings (SSSR count). The summed E-state index contributed by atoms with van der Waals surface area (Å²) in [5, 5.41) is 4.37. The third-order valence-electron chi connectivity index (χ3n) is 5.99. The minimum absolute atomic E-state index is 0.0639. The van der Waals surface area contributed by atoms with E-state index in [0.717, 1.165) is 18.6 Å². The molecular formula is C18H23FN2O2. The highest BCUT2D eigenvalue weighted by molar-refractivity contribution is 5.95. The molecule has 0 radical (unpaired) electrons. The molecule has 1 N–H and O–H groups in total. The molecule has 1 amide bonds. The van der Waals surface area contributed by atoms with Gasteiger partial charge < -0.3 is 4.74 Å². The van der Waals surface area contributed by atoms with Gasteiger partial charge in [-0.3, -0.25) is 4.79 Å². The monoisotopic (exact) mass is 318 g/mol. The lowest BCUT2D eigenvalue weighted by molar-refractivity contribution is -0.123. The van der Waals surface area contributed by atoms with E-state index in [-0.39, 0.29) is 29.2 Å². The standard InChI is InChI=1S/C18H23FN2O2/c1-17(2)12-7-8-18(17,3)15(9-12)20-21-16(22)11-23-14-6-4-5-13(19)10-14/h4-6,10,12H,7-9,11H2,1-3H3,(H,21,22)/b20-15+/t12-,18-/m1/s1. The Hall–Kier alpha value is -1.91. The van der Waals surface area contributed by atoms with Crippen LogP contribution in [0.5, 0.6) is 5.75 Å². The van der Waals surface area contributed by atoms with E-state index in [1.807, 2.05) is 0 Å².